The minimum absolute atomic E-state index is 0.358. The smallest absolute Gasteiger partial charge is 0.298 e. The molecule has 162 valence electrons. The molecule has 33 heavy (non-hydrogen) atoms. The van der Waals surface area contributed by atoms with Crippen LogP contribution < -0.4 is 5.32 Å². The Morgan fingerprint density at radius 2 is 1.67 bits per heavy atom. The van der Waals surface area contributed by atoms with E-state index in [0.29, 0.717) is 22.3 Å². The second-order valence-corrected chi connectivity index (χ2v) is 8.80. The van der Waals surface area contributed by atoms with E-state index < -0.39 is 11.7 Å². The highest BCUT2D eigenvalue weighted by Crippen LogP contribution is 2.26. The number of aromatic nitrogens is 2. The van der Waals surface area contributed by atoms with Crippen molar-refractivity contribution in [3.05, 3.63) is 107 Å². The Bertz CT molecular complexity index is 1460. The topological polar surface area (TPSA) is 64.0 Å². The summed E-state index contributed by atoms with van der Waals surface area (Å²) in [4.78, 5) is 30.3. The molecule has 0 radical (unpaired) electrons. The first kappa shape index (κ1) is 21.1. The number of rotatable bonds is 6. The van der Waals surface area contributed by atoms with E-state index in [1.165, 1.54) is 11.3 Å². The predicted octanol–water partition coefficient (Wildman–Crippen LogP) is 6.29. The van der Waals surface area contributed by atoms with Gasteiger partial charge in [0.25, 0.3) is 11.7 Å². The van der Waals surface area contributed by atoms with Crippen molar-refractivity contribution in [2.45, 2.75) is 6.54 Å². The van der Waals surface area contributed by atoms with Crippen molar-refractivity contribution in [1.29, 1.82) is 0 Å². The quantitative estimate of drug-likeness (QED) is 0.234. The SMILES string of the molecule is O=C(Nc1nc(-c2ccccc2)cs1)C(=O)c1cn(Cc2ccc(Cl)cc2)c2ccccc12. The molecular weight excluding hydrogens is 454 g/mol. The molecule has 0 saturated heterocycles. The summed E-state index contributed by atoms with van der Waals surface area (Å²) in [5.41, 5.74) is 3.98. The first-order chi connectivity index (χ1) is 16.1. The van der Waals surface area contributed by atoms with Crippen LogP contribution in [0.4, 0.5) is 5.13 Å². The number of hydrogen-bond acceptors (Lipinski definition) is 4. The summed E-state index contributed by atoms with van der Waals surface area (Å²) < 4.78 is 1.97. The van der Waals surface area contributed by atoms with Crippen LogP contribution in [0, 0.1) is 0 Å². The zero-order valence-electron chi connectivity index (χ0n) is 17.4. The van der Waals surface area contributed by atoms with Gasteiger partial charge in [0, 0.05) is 39.6 Å². The average Bonchev–Trinajstić information content (AvgIpc) is 3.46. The van der Waals surface area contributed by atoms with Crippen molar-refractivity contribution in [2.75, 3.05) is 5.32 Å². The van der Waals surface area contributed by atoms with Gasteiger partial charge in [-0.2, -0.15) is 0 Å². The fourth-order valence-electron chi connectivity index (χ4n) is 3.69. The van der Waals surface area contributed by atoms with E-state index in [0.717, 1.165) is 27.7 Å². The van der Waals surface area contributed by atoms with Gasteiger partial charge in [0.15, 0.2) is 5.13 Å². The van der Waals surface area contributed by atoms with Crippen LogP contribution in [0.1, 0.15) is 15.9 Å². The Kier molecular flexibility index (Phi) is 5.77. The molecule has 5 nitrogen and oxygen atoms in total. The normalized spacial score (nSPS) is 10.9. The minimum atomic E-state index is -0.710. The Morgan fingerprint density at radius 3 is 2.45 bits per heavy atom. The molecule has 5 rings (SSSR count). The number of para-hydroxylation sites is 1. The number of hydrogen-bond donors (Lipinski definition) is 1. The van der Waals surface area contributed by atoms with Crippen LogP contribution in [-0.2, 0) is 11.3 Å². The molecule has 0 unspecified atom stereocenters. The van der Waals surface area contributed by atoms with Crippen molar-refractivity contribution < 1.29 is 9.59 Å². The number of carbonyl (C=O) groups excluding carboxylic acids is 2. The molecule has 7 heteroatoms. The maximum Gasteiger partial charge on any atom is 0.298 e. The van der Waals surface area contributed by atoms with Gasteiger partial charge in [0.1, 0.15) is 0 Å². The molecule has 0 aliphatic rings. The van der Waals surface area contributed by atoms with Crippen LogP contribution >= 0.6 is 22.9 Å². The van der Waals surface area contributed by atoms with E-state index in [1.807, 2.05) is 88.8 Å². The molecule has 0 bridgehead atoms. The molecule has 3 aromatic carbocycles. The molecule has 1 N–H and O–H groups in total. The number of amides is 1. The molecule has 2 heterocycles. The number of carbonyl (C=O) groups is 2. The van der Waals surface area contributed by atoms with Crippen LogP contribution in [-0.4, -0.2) is 21.2 Å². The van der Waals surface area contributed by atoms with E-state index in [1.54, 1.807) is 6.20 Å². The predicted molar refractivity (Wildman–Crippen MR) is 133 cm³/mol. The van der Waals surface area contributed by atoms with Gasteiger partial charge in [0.2, 0.25) is 0 Å². The monoisotopic (exact) mass is 471 g/mol. The lowest BCUT2D eigenvalue weighted by molar-refractivity contribution is -0.112. The fourth-order valence-corrected chi connectivity index (χ4v) is 4.53. The largest absolute Gasteiger partial charge is 0.342 e. The van der Waals surface area contributed by atoms with Crippen molar-refractivity contribution >= 4 is 50.7 Å². The summed E-state index contributed by atoms with van der Waals surface area (Å²) in [7, 11) is 0. The van der Waals surface area contributed by atoms with E-state index in [4.69, 9.17) is 11.6 Å². The fraction of sp³-hybridized carbons (Fsp3) is 0.0385. The van der Waals surface area contributed by atoms with Crippen LogP contribution in [0.3, 0.4) is 0 Å². The molecule has 5 aromatic rings. The Morgan fingerprint density at radius 1 is 0.939 bits per heavy atom. The number of anilines is 1. The third-order valence-electron chi connectivity index (χ3n) is 5.30. The number of benzene rings is 3. The highest BCUT2D eigenvalue weighted by molar-refractivity contribution is 7.14. The molecule has 1 amide bonds. The van der Waals surface area contributed by atoms with E-state index in [2.05, 4.69) is 10.3 Å². The third kappa shape index (κ3) is 4.44. The standard InChI is InChI=1S/C26H18ClN3O2S/c27-19-12-10-17(11-13-19)14-30-15-21(20-8-4-5-9-23(20)30)24(31)25(32)29-26-28-22(16-33-26)18-6-2-1-3-7-18/h1-13,15-16H,14H2,(H,28,29,32). The molecule has 0 atom stereocenters. The van der Waals surface area contributed by atoms with Crippen molar-refractivity contribution in [1.82, 2.24) is 9.55 Å². The molecule has 0 spiro atoms. The number of ketones is 1. The van der Waals surface area contributed by atoms with Gasteiger partial charge in [-0.15, -0.1) is 11.3 Å². The van der Waals surface area contributed by atoms with Crippen molar-refractivity contribution in [3.8, 4) is 11.3 Å². The highest BCUT2D eigenvalue weighted by Gasteiger charge is 2.22. The van der Waals surface area contributed by atoms with Crippen LogP contribution in [0.2, 0.25) is 5.02 Å². The van der Waals surface area contributed by atoms with Crippen molar-refractivity contribution in [2.24, 2.45) is 0 Å². The molecule has 2 aromatic heterocycles. The summed E-state index contributed by atoms with van der Waals surface area (Å²) in [5, 5.41) is 6.30. The van der Waals surface area contributed by atoms with Gasteiger partial charge in [-0.3, -0.25) is 14.9 Å². The van der Waals surface area contributed by atoms with Gasteiger partial charge >= 0.3 is 0 Å². The zero-order valence-corrected chi connectivity index (χ0v) is 18.9. The average molecular weight is 472 g/mol. The maximum absolute atomic E-state index is 13.1. The van der Waals surface area contributed by atoms with Crippen LogP contribution in [0.5, 0.6) is 0 Å². The second-order valence-electron chi connectivity index (χ2n) is 7.50. The van der Waals surface area contributed by atoms with Crippen LogP contribution in [0.15, 0.2) is 90.4 Å². The Hall–Kier alpha value is -3.74. The maximum atomic E-state index is 13.1. The molecule has 0 fully saturated rings. The Balaban J connectivity index is 1.39. The lowest BCUT2D eigenvalue weighted by Gasteiger charge is -2.05. The van der Waals surface area contributed by atoms with E-state index >= 15 is 0 Å². The number of halogens is 1. The number of Topliss-reactive ketones (excluding diaryl/α,β-unsaturated/α-hetero) is 1. The van der Waals surface area contributed by atoms with Gasteiger partial charge in [0.05, 0.1) is 11.3 Å². The third-order valence-corrected chi connectivity index (χ3v) is 6.31. The van der Waals surface area contributed by atoms with Gasteiger partial charge in [-0.05, 0) is 23.8 Å². The zero-order chi connectivity index (χ0) is 22.8. The number of nitrogens with one attached hydrogen (secondary N) is 1. The number of nitrogens with zero attached hydrogens (tertiary/aromatic N) is 2. The lowest BCUT2D eigenvalue weighted by Crippen LogP contribution is -2.22. The summed E-state index contributed by atoms with van der Waals surface area (Å²) in [6.45, 7) is 0.555. The molecule has 0 aliphatic heterocycles. The molecular formula is C26H18ClN3O2S. The van der Waals surface area contributed by atoms with Gasteiger partial charge in [-0.25, -0.2) is 4.98 Å². The van der Waals surface area contributed by atoms with Crippen molar-refractivity contribution in [3.63, 3.8) is 0 Å². The van der Waals surface area contributed by atoms with Gasteiger partial charge < -0.3 is 4.57 Å². The minimum Gasteiger partial charge on any atom is -0.342 e. The first-order valence-corrected chi connectivity index (χ1v) is 11.5. The summed E-state index contributed by atoms with van der Waals surface area (Å²) >= 11 is 7.28. The highest BCUT2D eigenvalue weighted by atomic mass is 35.5. The van der Waals surface area contributed by atoms with E-state index in [-0.39, 0.29) is 0 Å². The first-order valence-electron chi connectivity index (χ1n) is 10.3. The summed E-state index contributed by atoms with van der Waals surface area (Å²) in [6, 6.07) is 24.8. The molecule has 0 aliphatic carbocycles. The number of fused-ring (bicyclic) bond motifs is 1. The van der Waals surface area contributed by atoms with E-state index in [9.17, 15) is 9.59 Å². The lowest BCUT2D eigenvalue weighted by atomic mass is 10.1. The summed E-state index contributed by atoms with van der Waals surface area (Å²) in [6.07, 6.45) is 1.73. The van der Waals surface area contributed by atoms with Crippen LogP contribution in [0.25, 0.3) is 22.2 Å². The Labute approximate surface area is 199 Å². The molecule has 0 saturated carbocycles. The van der Waals surface area contributed by atoms with Gasteiger partial charge in [-0.1, -0.05) is 72.3 Å². The summed E-state index contributed by atoms with van der Waals surface area (Å²) in [5.74, 6) is -1.31. The second kappa shape index (κ2) is 9.02. The number of thiazole rings is 1.